The number of aliphatic carboxylic acids is 1. The van der Waals surface area contributed by atoms with E-state index in [-0.39, 0.29) is 23.4 Å². The number of thioether (sulfide) groups is 1. The Morgan fingerprint density at radius 2 is 2.15 bits per heavy atom. The third-order valence-corrected chi connectivity index (χ3v) is 5.29. The molecule has 0 aromatic rings. The topological polar surface area (TPSA) is 60.9 Å². The van der Waals surface area contributed by atoms with Crippen molar-refractivity contribution in [1.29, 1.82) is 0 Å². The van der Waals surface area contributed by atoms with Gasteiger partial charge in [0.05, 0.1) is 5.37 Å². The first-order valence-corrected chi connectivity index (χ1v) is 8.06. The standard InChI is InChI=1S/C14H22N2O3S/c1-4-7-15(10-5-6-10)14(19)16-11(13(17)18)8-20-12(16)9(2)3/h4,9-12H,1,5-8H2,2-3H3,(H,17,18). The van der Waals surface area contributed by atoms with E-state index in [1.807, 2.05) is 13.8 Å². The van der Waals surface area contributed by atoms with Gasteiger partial charge in [-0.25, -0.2) is 9.59 Å². The van der Waals surface area contributed by atoms with Crippen LogP contribution in [-0.4, -0.2) is 56.7 Å². The predicted molar refractivity (Wildman–Crippen MR) is 79.7 cm³/mol. The molecular formula is C14H22N2O3S. The zero-order chi connectivity index (χ0) is 14.9. The van der Waals surface area contributed by atoms with Crippen molar-refractivity contribution in [3.8, 4) is 0 Å². The van der Waals surface area contributed by atoms with Crippen molar-refractivity contribution in [2.75, 3.05) is 12.3 Å². The van der Waals surface area contributed by atoms with Gasteiger partial charge in [0.2, 0.25) is 0 Å². The van der Waals surface area contributed by atoms with Crippen LogP contribution in [-0.2, 0) is 4.79 Å². The van der Waals surface area contributed by atoms with Crippen molar-refractivity contribution in [3.05, 3.63) is 12.7 Å². The maximum Gasteiger partial charge on any atom is 0.327 e. The lowest BCUT2D eigenvalue weighted by molar-refractivity contribution is -0.141. The molecule has 1 saturated heterocycles. The number of carboxylic acid groups (broad SMARTS) is 1. The summed E-state index contributed by atoms with van der Waals surface area (Å²) in [4.78, 5) is 27.5. The molecule has 1 saturated carbocycles. The van der Waals surface area contributed by atoms with Gasteiger partial charge < -0.3 is 10.0 Å². The molecule has 2 unspecified atom stereocenters. The molecule has 2 rings (SSSR count). The van der Waals surface area contributed by atoms with E-state index in [4.69, 9.17) is 0 Å². The number of amides is 2. The van der Waals surface area contributed by atoms with E-state index in [9.17, 15) is 14.7 Å². The van der Waals surface area contributed by atoms with Crippen molar-refractivity contribution in [2.24, 2.45) is 5.92 Å². The molecule has 1 N–H and O–H groups in total. The summed E-state index contributed by atoms with van der Waals surface area (Å²) in [7, 11) is 0. The van der Waals surface area contributed by atoms with Crippen LogP contribution in [0, 0.1) is 5.92 Å². The Labute approximate surface area is 124 Å². The molecule has 112 valence electrons. The van der Waals surface area contributed by atoms with Crippen molar-refractivity contribution >= 4 is 23.8 Å². The van der Waals surface area contributed by atoms with Crippen LogP contribution >= 0.6 is 11.8 Å². The number of rotatable bonds is 5. The second-order valence-electron chi connectivity index (χ2n) is 5.68. The minimum Gasteiger partial charge on any atom is -0.480 e. The van der Waals surface area contributed by atoms with Crippen LogP contribution in [0.15, 0.2) is 12.7 Å². The Hall–Kier alpha value is -1.17. The predicted octanol–water partition coefficient (Wildman–Crippen LogP) is 2.24. The van der Waals surface area contributed by atoms with E-state index < -0.39 is 12.0 Å². The smallest absolute Gasteiger partial charge is 0.327 e. The largest absolute Gasteiger partial charge is 0.480 e. The fraction of sp³-hybridized carbons (Fsp3) is 0.714. The Morgan fingerprint density at radius 1 is 1.50 bits per heavy atom. The molecule has 0 aromatic heterocycles. The van der Waals surface area contributed by atoms with Gasteiger partial charge in [0.1, 0.15) is 6.04 Å². The minimum absolute atomic E-state index is 0.0605. The van der Waals surface area contributed by atoms with Gasteiger partial charge in [-0.1, -0.05) is 19.9 Å². The molecule has 2 amide bonds. The molecule has 1 aliphatic heterocycles. The quantitative estimate of drug-likeness (QED) is 0.791. The Morgan fingerprint density at radius 3 is 2.60 bits per heavy atom. The molecule has 0 radical (unpaired) electrons. The van der Waals surface area contributed by atoms with Gasteiger partial charge in [0.15, 0.2) is 0 Å². The second kappa shape index (κ2) is 6.08. The number of carboxylic acids is 1. The lowest BCUT2D eigenvalue weighted by Crippen LogP contribution is -2.53. The van der Waals surface area contributed by atoms with Gasteiger partial charge in [0.25, 0.3) is 0 Å². The van der Waals surface area contributed by atoms with Crippen LogP contribution in [0.4, 0.5) is 4.79 Å². The summed E-state index contributed by atoms with van der Waals surface area (Å²) in [5.74, 6) is -0.210. The lowest BCUT2D eigenvalue weighted by Gasteiger charge is -2.34. The first-order valence-electron chi connectivity index (χ1n) is 7.01. The second-order valence-corrected chi connectivity index (χ2v) is 6.83. The average Bonchev–Trinajstić information content (AvgIpc) is 3.11. The number of urea groups is 1. The van der Waals surface area contributed by atoms with Crippen molar-refractivity contribution in [2.45, 2.75) is 44.1 Å². The van der Waals surface area contributed by atoms with Gasteiger partial charge in [-0.15, -0.1) is 18.3 Å². The molecule has 0 aromatic carbocycles. The molecule has 2 aliphatic rings. The van der Waals surface area contributed by atoms with E-state index in [0.29, 0.717) is 12.3 Å². The summed E-state index contributed by atoms with van der Waals surface area (Å²) < 4.78 is 0. The fourth-order valence-corrected chi connectivity index (χ4v) is 4.00. The first-order chi connectivity index (χ1) is 9.47. The highest BCUT2D eigenvalue weighted by Crippen LogP contribution is 2.37. The van der Waals surface area contributed by atoms with Crippen LogP contribution < -0.4 is 0 Å². The Bertz CT molecular complexity index is 409. The van der Waals surface area contributed by atoms with Gasteiger partial charge in [-0.2, -0.15) is 0 Å². The maximum atomic E-state index is 12.8. The zero-order valence-corrected chi connectivity index (χ0v) is 12.8. The highest BCUT2D eigenvalue weighted by Gasteiger charge is 2.46. The SMILES string of the molecule is C=CCN(C(=O)N1C(C(=O)O)CSC1C(C)C)C1CC1. The van der Waals surface area contributed by atoms with Crippen LogP contribution in [0.3, 0.4) is 0 Å². The molecule has 20 heavy (non-hydrogen) atoms. The summed E-state index contributed by atoms with van der Waals surface area (Å²) in [6.45, 7) is 8.23. The monoisotopic (exact) mass is 298 g/mol. The molecule has 5 nitrogen and oxygen atoms in total. The minimum atomic E-state index is -0.914. The van der Waals surface area contributed by atoms with E-state index in [2.05, 4.69) is 6.58 Å². The van der Waals surface area contributed by atoms with Crippen molar-refractivity contribution < 1.29 is 14.7 Å². The number of carbonyl (C=O) groups is 2. The third-order valence-electron chi connectivity index (χ3n) is 3.67. The third kappa shape index (κ3) is 2.95. The molecule has 0 bridgehead atoms. The lowest BCUT2D eigenvalue weighted by atomic mass is 10.1. The molecule has 1 aliphatic carbocycles. The molecule has 6 heteroatoms. The van der Waals surface area contributed by atoms with E-state index >= 15 is 0 Å². The maximum absolute atomic E-state index is 12.8. The Balaban J connectivity index is 2.21. The fourth-order valence-electron chi connectivity index (χ4n) is 2.53. The molecule has 1 heterocycles. The highest BCUT2D eigenvalue weighted by atomic mass is 32.2. The number of hydrogen-bond donors (Lipinski definition) is 1. The summed E-state index contributed by atoms with van der Waals surface area (Å²) in [5, 5.41) is 9.29. The van der Waals surface area contributed by atoms with Crippen molar-refractivity contribution in [3.63, 3.8) is 0 Å². The highest BCUT2D eigenvalue weighted by molar-refractivity contribution is 8.00. The average molecular weight is 298 g/mol. The Kier molecular flexibility index (Phi) is 4.62. The van der Waals surface area contributed by atoms with Gasteiger partial charge in [-0.05, 0) is 18.8 Å². The zero-order valence-electron chi connectivity index (χ0n) is 12.0. The first kappa shape index (κ1) is 15.2. The normalized spacial score (nSPS) is 25.9. The summed E-state index contributed by atoms with van der Waals surface area (Å²) in [5.41, 5.74) is 0. The van der Waals surface area contributed by atoms with Crippen LogP contribution in [0.5, 0.6) is 0 Å². The van der Waals surface area contributed by atoms with Crippen molar-refractivity contribution in [1.82, 2.24) is 9.80 Å². The molecular weight excluding hydrogens is 276 g/mol. The van der Waals surface area contributed by atoms with Crippen LogP contribution in [0.25, 0.3) is 0 Å². The number of hydrogen-bond acceptors (Lipinski definition) is 3. The molecule has 0 spiro atoms. The van der Waals surface area contributed by atoms with Crippen LogP contribution in [0.1, 0.15) is 26.7 Å². The number of carbonyl (C=O) groups excluding carboxylic acids is 1. The molecule has 2 atom stereocenters. The van der Waals surface area contributed by atoms with Gasteiger partial charge in [0, 0.05) is 18.3 Å². The summed E-state index contributed by atoms with van der Waals surface area (Å²) >= 11 is 1.56. The molecule has 2 fully saturated rings. The summed E-state index contributed by atoms with van der Waals surface area (Å²) in [6, 6.07) is -0.608. The number of nitrogens with zero attached hydrogens (tertiary/aromatic N) is 2. The van der Waals surface area contributed by atoms with E-state index in [1.165, 1.54) is 0 Å². The van der Waals surface area contributed by atoms with Gasteiger partial charge in [-0.3, -0.25) is 4.90 Å². The van der Waals surface area contributed by atoms with Gasteiger partial charge >= 0.3 is 12.0 Å². The summed E-state index contributed by atoms with van der Waals surface area (Å²) in [6.07, 6.45) is 3.72. The van der Waals surface area contributed by atoms with E-state index in [1.54, 1.807) is 27.6 Å². The van der Waals surface area contributed by atoms with E-state index in [0.717, 1.165) is 12.8 Å². The van der Waals surface area contributed by atoms with Crippen LogP contribution in [0.2, 0.25) is 0 Å².